The van der Waals surface area contributed by atoms with Crippen molar-refractivity contribution < 1.29 is 18.4 Å². The molecule has 8 heteroatoms. The van der Waals surface area contributed by atoms with Gasteiger partial charge in [0.25, 0.3) is 5.71 Å². The van der Waals surface area contributed by atoms with Gasteiger partial charge < -0.3 is 14.6 Å². The zero-order valence-corrected chi connectivity index (χ0v) is 13.2. The standard InChI is InChI=1S/C16H15FN4O3/c1-3-23-16(22)14-19-13(12-9(2)21-24-15(12)20-14)18-8-10-4-6-11(17)7-5-10/h4-7H,3,8H2,1-2H3,(H,18,19,20). The summed E-state index contributed by atoms with van der Waals surface area (Å²) >= 11 is 0. The van der Waals surface area contributed by atoms with E-state index in [1.807, 2.05) is 0 Å². The van der Waals surface area contributed by atoms with Gasteiger partial charge in [-0.15, -0.1) is 0 Å². The summed E-state index contributed by atoms with van der Waals surface area (Å²) in [6, 6.07) is 6.07. The second-order valence-corrected chi connectivity index (χ2v) is 5.04. The molecule has 24 heavy (non-hydrogen) atoms. The summed E-state index contributed by atoms with van der Waals surface area (Å²) in [5, 5.41) is 7.54. The van der Waals surface area contributed by atoms with Gasteiger partial charge in [0.1, 0.15) is 17.0 Å². The Morgan fingerprint density at radius 1 is 1.29 bits per heavy atom. The number of aryl methyl sites for hydroxylation is 1. The number of carbonyl (C=O) groups is 1. The molecule has 0 aliphatic heterocycles. The van der Waals surface area contributed by atoms with Crippen molar-refractivity contribution in [2.45, 2.75) is 20.4 Å². The molecular formula is C16H15FN4O3. The number of nitrogens with zero attached hydrogens (tertiary/aromatic N) is 3. The molecule has 7 nitrogen and oxygen atoms in total. The molecule has 0 unspecified atom stereocenters. The van der Waals surface area contributed by atoms with Crippen LogP contribution < -0.4 is 5.32 Å². The predicted molar refractivity (Wildman–Crippen MR) is 84.0 cm³/mol. The normalized spacial score (nSPS) is 10.8. The number of rotatable bonds is 5. The third-order valence-electron chi connectivity index (χ3n) is 3.34. The molecule has 1 N–H and O–H groups in total. The Labute approximate surface area is 136 Å². The minimum atomic E-state index is -0.640. The van der Waals surface area contributed by atoms with Crippen LogP contribution in [-0.2, 0) is 11.3 Å². The minimum Gasteiger partial charge on any atom is -0.460 e. The number of carbonyl (C=O) groups excluding carboxylic acids is 1. The maximum Gasteiger partial charge on any atom is 0.376 e. The highest BCUT2D eigenvalue weighted by Crippen LogP contribution is 2.24. The number of fused-ring (bicyclic) bond motifs is 1. The van der Waals surface area contributed by atoms with Gasteiger partial charge in [-0.3, -0.25) is 0 Å². The summed E-state index contributed by atoms with van der Waals surface area (Å²) in [6.07, 6.45) is 0. The molecule has 0 bridgehead atoms. The number of anilines is 1. The quantitative estimate of drug-likeness (QED) is 0.719. The number of aromatic nitrogens is 3. The van der Waals surface area contributed by atoms with Crippen LogP contribution in [0.15, 0.2) is 28.8 Å². The van der Waals surface area contributed by atoms with Crippen molar-refractivity contribution in [3.8, 4) is 0 Å². The van der Waals surface area contributed by atoms with E-state index in [4.69, 9.17) is 9.26 Å². The van der Waals surface area contributed by atoms with Gasteiger partial charge in [0, 0.05) is 6.54 Å². The van der Waals surface area contributed by atoms with E-state index in [2.05, 4.69) is 20.4 Å². The maximum absolute atomic E-state index is 13.0. The molecule has 0 amide bonds. The lowest BCUT2D eigenvalue weighted by molar-refractivity contribution is 0.0512. The summed E-state index contributed by atoms with van der Waals surface area (Å²) < 4.78 is 23.0. The van der Waals surface area contributed by atoms with E-state index in [1.165, 1.54) is 12.1 Å². The van der Waals surface area contributed by atoms with Crippen LogP contribution in [0.3, 0.4) is 0 Å². The molecule has 0 atom stereocenters. The molecule has 0 aliphatic carbocycles. The summed E-state index contributed by atoms with van der Waals surface area (Å²) in [4.78, 5) is 20.1. The van der Waals surface area contributed by atoms with Crippen molar-refractivity contribution in [3.05, 3.63) is 47.2 Å². The fourth-order valence-corrected chi connectivity index (χ4v) is 2.19. The first-order valence-corrected chi connectivity index (χ1v) is 7.38. The van der Waals surface area contributed by atoms with Gasteiger partial charge >= 0.3 is 5.97 Å². The molecule has 3 rings (SSSR count). The first-order valence-electron chi connectivity index (χ1n) is 7.38. The number of nitrogens with one attached hydrogen (secondary N) is 1. The Balaban J connectivity index is 1.93. The number of benzene rings is 1. The molecule has 0 radical (unpaired) electrons. The van der Waals surface area contributed by atoms with Crippen molar-refractivity contribution in [2.75, 3.05) is 11.9 Å². The van der Waals surface area contributed by atoms with E-state index in [0.29, 0.717) is 23.4 Å². The molecule has 0 aliphatic rings. The Morgan fingerprint density at radius 2 is 2.04 bits per heavy atom. The summed E-state index contributed by atoms with van der Waals surface area (Å²) in [6.45, 7) is 4.05. The van der Waals surface area contributed by atoms with Crippen molar-refractivity contribution in [3.63, 3.8) is 0 Å². The molecule has 124 valence electrons. The van der Waals surface area contributed by atoms with Crippen molar-refractivity contribution in [1.29, 1.82) is 0 Å². The van der Waals surface area contributed by atoms with Gasteiger partial charge in [0.05, 0.1) is 12.3 Å². The number of hydrogen-bond acceptors (Lipinski definition) is 7. The van der Waals surface area contributed by atoms with Crippen LogP contribution in [0.5, 0.6) is 0 Å². The van der Waals surface area contributed by atoms with Crippen LogP contribution in [0.2, 0.25) is 0 Å². The molecule has 2 aromatic heterocycles. The van der Waals surface area contributed by atoms with E-state index in [1.54, 1.807) is 26.0 Å². The third kappa shape index (κ3) is 3.17. The van der Waals surface area contributed by atoms with Crippen LogP contribution >= 0.6 is 0 Å². The molecule has 0 saturated heterocycles. The summed E-state index contributed by atoms with van der Waals surface area (Å²) in [5.74, 6) is -0.644. The maximum atomic E-state index is 13.0. The molecular weight excluding hydrogens is 315 g/mol. The van der Waals surface area contributed by atoms with Crippen LogP contribution in [0.1, 0.15) is 28.8 Å². The molecule has 3 aromatic rings. The lowest BCUT2D eigenvalue weighted by Crippen LogP contribution is -2.12. The van der Waals surface area contributed by atoms with Gasteiger partial charge in [0.15, 0.2) is 0 Å². The van der Waals surface area contributed by atoms with E-state index in [-0.39, 0.29) is 24.0 Å². The fourth-order valence-electron chi connectivity index (χ4n) is 2.19. The third-order valence-corrected chi connectivity index (χ3v) is 3.34. The minimum absolute atomic E-state index is 0.109. The van der Waals surface area contributed by atoms with Gasteiger partial charge in [0.2, 0.25) is 5.82 Å². The number of halogens is 1. The average molecular weight is 330 g/mol. The number of ether oxygens (including phenoxy) is 1. The van der Waals surface area contributed by atoms with Gasteiger partial charge in [-0.25, -0.2) is 14.2 Å². The second kappa shape index (κ2) is 6.61. The molecule has 1 aromatic carbocycles. The van der Waals surface area contributed by atoms with E-state index < -0.39 is 5.97 Å². The Morgan fingerprint density at radius 3 is 2.75 bits per heavy atom. The SMILES string of the molecule is CCOC(=O)c1nc(NCc2ccc(F)cc2)c2c(C)noc2n1. The molecule has 2 heterocycles. The predicted octanol–water partition coefficient (Wildman–Crippen LogP) is 2.85. The van der Waals surface area contributed by atoms with Crippen molar-refractivity contribution in [2.24, 2.45) is 0 Å². The van der Waals surface area contributed by atoms with Crippen LogP contribution in [0.4, 0.5) is 10.2 Å². The van der Waals surface area contributed by atoms with Gasteiger partial charge in [-0.2, -0.15) is 4.98 Å². The fraction of sp³-hybridized carbons (Fsp3) is 0.250. The molecule has 0 saturated carbocycles. The average Bonchev–Trinajstić information content (AvgIpc) is 2.95. The van der Waals surface area contributed by atoms with Crippen LogP contribution in [-0.4, -0.2) is 27.7 Å². The van der Waals surface area contributed by atoms with Crippen LogP contribution in [0.25, 0.3) is 11.1 Å². The lowest BCUT2D eigenvalue weighted by Gasteiger charge is -2.08. The van der Waals surface area contributed by atoms with E-state index >= 15 is 0 Å². The zero-order valence-electron chi connectivity index (χ0n) is 13.2. The summed E-state index contributed by atoms with van der Waals surface area (Å²) in [5.41, 5.74) is 1.66. The lowest BCUT2D eigenvalue weighted by atomic mass is 10.2. The van der Waals surface area contributed by atoms with Crippen molar-refractivity contribution in [1.82, 2.24) is 15.1 Å². The second-order valence-electron chi connectivity index (χ2n) is 5.04. The largest absolute Gasteiger partial charge is 0.460 e. The Kier molecular flexibility index (Phi) is 4.37. The Bertz CT molecular complexity index is 877. The van der Waals surface area contributed by atoms with Gasteiger partial charge in [-0.1, -0.05) is 17.3 Å². The Hall–Kier alpha value is -3.03. The topological polar surface area (TPSA) is 90.1 Å². The highest BCUT2D eigenvalue weighted by Gasteiger charge is 2.19. The van der Waals surface area contributed by atoms with E-state index in [9.17, 15) is 9.18 Å². The van der Waals surface area contributed by atoms with E-state index in [0.717, 1.165) is 5.56 Å². The van der Waals surface area contributed by atoms with Gasteiger partial charge in [-0.05, 0) is 31.5 Å². The highest BCUT2D eigenvalue weighted by molar-refractivity contribution is 5.93. The first-order chi connectivity index (χ1) is 11.6. The monoisotopic (exact) mass is 330 g/mol. The number of hydrogen-bond donors (Lipinski definition) is 1. The zero-order chi connectivity index (χ0) is 17.1. The highest BCUT2D eigenvalue weighted by atomic mass is 19.1. The number of esters is 1. The molecule has 0 spiro atoms. The first kappa shape index (κ1) is 15.9. The smallest absolute Gasteiger partial charge is 0.376 e. The summed E-state index contributed by atoms with van der Waals surface area (Å²) in [7, 11) is 0. The van der Waals surface area contributed by atoms with Crippen LogP contribution in [0, 0.1) is 12.7 Å². The molecule has 0 fully saturated rings. The van der Waals surface area contributed by atoms with Crippen molar-refractivity contribution >= 4 is 22.9 Å².